The number of nitrogens with one attached hydrogen (secondary N) is 1. The van der Waals surface area contributed by atoms with Crippen molar-refractivity contribution in [1.82, 2.24) is 9.88 Å². The van der Waals surface area contributed by atoms with Crippen molar-refractivity contribution in [2.45, 2.75) is 25.8 Å². The number of aromatic nitrogens is 1. The first-order chi connectivity index (χ1) is 9.65. The van der Waals surface area contributed by atoms with Crippen LogP contribution >= 0.6 is 0 Å². The predicted molar refractivity (Wildman–Crippen MR) is 83.9 cm³/mol. The van der Waals surface area contributed by atoms with E-state index in [0.717, 1.165) is 31.0 Å². The van der Waals surface area contributed by atoms with Crippen molar-refractivity contribution < 1.29 is 4.74 Å². The van der Waals surface area contributed by atoms with Crippen molar-refractivity contribution in [1.29, 1.82) is 0 Å². The van der Waals surface area contributed by atoms with E-state index in [1.54, 1.807) is 13.3 Å². The van der Waals surface area contributed by atoms with Crippen LogP contribution in [-0.2, 0) is 0 Å². The second-order valence-electron chi connectivity index (χ2n) is 5.46. The van der Waals surface area contributed by atoms with Crippen molar-refractivity contribution in [3.63, 3.8) is 0 Å². The van der Waals surface area contributed by atoms with Gasteiger partial charge in [-0.3, -0.25) is 0 Å². The normalized spacial score (nSPS) is 17.0. The number of methoxy groups -OCH3 is 1. The minimum Gasteiger partial charge on any atom is -0.479 e. The van der Waals surface area contributed by atoms with Crippen molar-refractivity contribution in [3.8, 4) is 5.88 Å². The lowest BCUT2D eigenvalue weighted by Gasteiger charge is -2.33. The van der Waals surface area contributed by atoms with Gasteiger partial charge in [-0.2, -0.15) is 0 Å². The number of hydrogen-bond donors (Lipinski definition) is 1. The molecule has 1 aliphatic rings. The van der Waals surface area contributed by atoms with Crippen molar-refractivity contribution in [2.75, 3.05) is 51.1 Å². The molecule has 5 nitrogen and oxygen atoms in total. The van der Waals surface area contributed by atoms with Crippen LogP contribution in [0.4, 0.5) is 11.4 Å². The molecular formula is C15H26N4O. The van der Waals surface area contributed by atoms with Gasteiger partial charge in [0, 0.05) is 39.4 Å². The quantitative estimate of drug-likeness (QED) is 0.892. The second-order valence-corrected chi connectivity index (χ2v) is 5.46. The Morgan fingerprint density at radius 3 is 2.65 bits per heavy atom. The second kappa shape index (κ2) is 6.79. The molecule has 0 radical (unpaired) electrons. The van der Waals surface area contributed by atoms with Gasteiger partial charge in [-0.05, 0) is 25.5 Å². The molecule has 1 N–H and O–H groups in total. The summed E-state index contributed by atoms with van der Waals surface area (Å²) in [6.07, 6.45) is 4.12. The zero-order valence-electron chi connectivity index (χ0n) is 13.0. The number of nitrogens with zero attached hydrogens (tertiary/aromatic N) is 3. The Hall–Kier alpha value is -1.49. The van der Waals surface area contributed by atoms with E-state index in [2.05, 4.69) is 27.0 Å². The third kappa shape index (κ3) is 3.33. The molecule has 112 valence electrons. The van der Waals surface area contributed by atoms with Gasteiger partial charge in [0.25, 0.3) is 0 Å². The highest BCUT2D eigenvalue weighted by Gasteiger charge is 2.21. The summed E-state index contributed by atoms with van der Waals surface area (Å²) < 4.78 is 5.41. The van der Waals surface area contributed by atoms with Gasteiger partial charge in [0.05, 0.1) is 12.8 Å². The van der Waals surface area contributed by atoms with Gasteiger partial charge in [0.1, 0.15) is 5.69 Å². The molecule has 0 saturated carbocycles. The van der Waals surface area contributed by atoms with Gasteiger partial charge < -0.3 is 19.9 Å². The molecule has 0 aliphatic carbocycles. The lowest BCUT2D eigenvalue weighted by molar-refractivity contribution is 0.229. The topological polar surface area (TPSA) is 40.6 Å². The molecular weight excluding hydrogens is 252 g/mol. The molecule has 2 heterocycles. The van der Waals surface area contributed by atoms with Crippen LogP contribution in [0.2, 0.25) is 0 Å². The molecule has 0 aromatic carbocycles. The first-order valence-electron chi connectivity index (χ1n) is 7.35. The molecule has 0 amide bonds. The van der Waals surface area contributed by atoms with Crippen LogP contribution in [0.5, 0.6) is 5.88 Å². The maximum atomic E-state index is 5.41. The summed E-state index contributed by atoms with van der Waals surface area (Å²) >= 11 is 0. The van der Waals surface area contributed by atoms with E-state index >= 15 is 0 Å². The minimum absolute atomic E-state index is 0.495. The molecule has 5 heteroatoms. The minimum atomic E-state index is 0.495. The van der Waals surface area contributed by atoms with E-state index in [0.29, 0.717) is 11.9 Å². The van der Waals surface area contributed by atoms with Crippen LogP contribution in [0.15, 0.2) is 12.3 Å². The van der Waals surface area contributed by atoms with E-state index in [4.69, 9.17) is 4.74 Å². The van der Waals surface area contributed by atoms with E-state index in [1.165, 1.54) is 12.8 Å². The lowest BCUT2D eigenvalue weighted by Crippen LogP contribution is -2.39. The van der Waals surface area contributed by atoms with Crippen LogP contribution < -0.4 is 15.0 Å². The molecule has 0 unspecified atom stereocenters. The third-order valence-corrected chi connectivity index (χ3v) is 3.95. The van der Waals surface area contributed by atoms with Crippen LogP contribution in [-0.4, -0.2) is 56.8 Å². The summed E-state index contributed by atoms with van der Waals surface area (Å²) in [7, 11) is 5.76. The number of pyridine rings is 1. The summed E-state index contributed by atoms with van der Waals surface area (Å²) in [6, 6.07) is 2.51. The molecule has 0 bridgehead atoms. The first-order valence-corrected chi connectivity index (χ1v) is 7.35. The van der Waals surface area contributed by atoms with Crippen LogP contribution in [0.25, 0.3) is 0 Å². The van der Waals surface area contributed by atoms with Gasteiger partial charge in [-0.15, -0.1) is 0 Å². The fraction of sp³-hybridized carbons (Fsp3) is 0.667. The Labute approximate surface area is 121 Å². The highest BCUT2D eigenvalue weighted by molar-refractivity contribution is 5.74. The van der Waals surface area contributed by atoms with Gasteiger partial charge >= 0.3 is 0 Å². The van der Waals surface area contributed by atoms with E-state index in [-0.39, 0.29) is 0 Å². The summed E-state index contributed by atoms with van der Waals surface area (Å²) in [6.45, 7) is 5.69. The highest BCUT2D eigenvalue weighted by Crippen LogP contribution is 2.33. The molecule has 1 aliphatic heterocycles. The lowest BCUT2D eigenvalue weighted by atomic mass is 10.0. The summed E-state index contributed by atoms with van der Waals surface area (Å²) in [5, 5.41) is 3.64. The Kier molecular flexibility index (Phi) is 5.06. The fourth-order valence-corrected chi connectivity index (χ4v) is 2.69. The monoisotopic (exact) mass is 278 g/mol. The fourth-order valence-electron chi connectivity index (χ4n) is 2.69. The SMILES string of the molecule is CCN1CCC(Nc2c(N(C)C)ccnc2OC)CC1. The van der Waals surface area contributed by atoms with Crippen LogP contribution in [0, 0.1) is 0 Å². The summed E-state index contributed by atoms with van der Waals surface area (Å²) in [5.74, 6) is 0.675. The van der Waals surface area contributed by atoms with E-state index in [9.17, 15) is 0 Å². The molecule has 0 spiro atoms. The van der Waals surface area contributed by atoms with Gasteiger partial charge in [-0.1, -0.05) is 6.92 Å². The number of anilines is 2. The molecule has 1 aromatic heterocycles. The molecule has 1 fully saturated rings. The van der Waals surface area contributed by atoms with Gasteiger partial charge in [0.15, 0.2) is 0 Å². The molecule has 1 aromatic rings. The standard InChI is InChI=1S/C15H26N4O/c1-5-19-10-7-12(8-11-19)17-14-13(18(2)3)6-9-16-15(14)20-4/h6,9,12,17H,5,7-8,10-11H2,1-4H3. The number of hydrogen-bond acceptors (Lipinski definition) is 5. The Morgan fingerprint density at radius 1 is 1.40 bits per heavy atom. The van der Waals surface area contributed by atoms with Gasteiger partial charge in [-0.25, -0.2) is 4.98 Å². The smallest absolute Gasteiger partial charge is 0.239 e. The zero-order valence-corrected chi connectivity index (χ0v) is 13.0. The van der Waals surface area contributed by atoms with E-state index in [1.807, 2.05) is 20.2 Å². The maximum Gasteiger partial charge on any atom is 0.239 e. The van der Waals surface area contributed by atoms with Crippen LogP contribution in [0.3, 0.4) is 0 Å². The molecule has 1 saturated heterocycles. The van der Waals surface area contributed by atoms with Crippen molar-refractivity contribution in [2.24, 2.45) is 0 Å². The van der Waals surface area contributed by atoms with Crippen molar-refractivity contribution >= 4 is 11.4 Å². The Bertz CT molecular complexity index is 428. The maximum absolute atomic E-state index is 5.41. The molecule has 20 heavy (non-hydrogen) atoms. The average Bonchev–Trinajstić information content (AvgIpc) is 2.48. The number of rotatable bonds is 5. The Morgan fingerprint density at radius 2 is 2.10 bits per heavy atom. The number of likely N-dealkylation sites (tertiary alicyclic amines) is 1. The highest BCUT2D eigenvalue weighted by atomic mass is 16.5. The van der Waals surface area contributed by atoms with E-state index < -0.39 is 0 Å². The largest absolute Gasteiger partial charge is 0.479 e. The van der Waals surface area contributed by atoms with Gasteiger partial charge in [0.2, 0.25) is 5.88 Å². The van der Waals surface area contributed by atoms with Crippen LogP contribution in [0.1, 0.15) is 19.8 Å². The first kappa shape index (κ1) is 14.9. The molecule has 0 atom stereocenters. The molecule has 2 rings (SSSR count). The zero-order chi connectivity index (χ0) is 14.5. The summed E-state index contributed by atoms with van der Waals surface area (Å²) in [5.41, 5.74) is 2.13. The number of ether oxygens (including phenoxy) is 1. The Balaban J connectivity index is 2.12. The third-order valence-electron chi connectivity index (χ3n) is 3.95. The predicted octanol–water partition coefficient (Wildman–Crippen LogP) is 2.05. The summed E-state index contributed by atoms with van der Waals surface area (Å²) in [4.78, 5) is 8.90. The average molecular weight is 278 g/mol. The van der Waals surface area contributed by atoms with Crippen molar-refractivity contribution in [3.05, 3.63) is 12.3 Å². The number of piperidine rings is 1.